The summed E-state index contributed by atoms with van der Waals surface area (Å²) in [7, 11) is 0. The molecule has 1 saturated heterocycles. The van der Waals surface area contributed by atoms with Gasteiger partial charge in [0.15, 0.2) is 18.1 Å². The molecule has 0 saturated carbocycles. The minimum atomic E-state index is -0.221. The third kappa shape index (κ3) is 5.11. The van der Waals surface area contributed by atoms with Crippen LogP contribution in [0.25, 0.3) is 0 Å². The molecular weight excluding hydrogens is 384 g/mol. The van der Waals surface area contributed by atoms with E-state index in [0.29, 0.717) is 18.2 Å². The van der Waals surface area contributed by atoms with Gasteiger partial charge in [-0.1, -0.05) is 18.2 Å². The minimum absolute atomic E-state index is 0.0146. The lowest BCUT2D eigenvalue weighted by molar-refractivity contribution is -0.123. The smallest absolute Gasteiger partial charge is 0.257 e. The van der Waals surface area contributed by atoms with Crippen LogP contribution in [0.4, 0.5) is 0 Å². The maximum Gasteiger partial charge on any atom is 0.257 e. The Hall–Kier alpha value is -2.05. The normalized spacial score (nSPS) is 18.8. The van der Waals surface area contributed by atoms with Crippen molar-refractivity contribution in [3.8, 4) is 11.5 Å². The molecule has 0 bridgehead atoms. The van der Waals surface area contributed by atoms with Crippen LogP contribution in [-0.4, -0.2) is 49.2 Å². The number of nitrogens with zero attached hydrogens (tertiary/aromatic N) is 1. The average molecular weight is 415 g/mol. The number of thiophene rings is 1. The van der Waals surface area contributed by atoms with Gasteiger partial charge in [-0.3, -0.25) is 4.79 Å². The summed E-state index contributed by atoms with van der Waals surface area (Å²) in [4.78, 5) is 16.1. The molecule has 1 N–H and O–H groups in total. The van der Waals surface area contributed by atoms with Gasteiger partial charge in [-0.15, -0.1) is 11.3 Å². The highest BCUT2D eigenvalue weighted by atomic mass is 32.1. The Morgan fingerprint density at radius 1 is 1.28 bits per heavy atom. The van der Waals surface area contributed by atoms with Gasteiger partial charge in [0.2, 0.25) is 0 Å². The topological polar surface area (TPSA) is 50.8 Å². The summed E-state index contributed by atoms with van der Waals surface area (Å²) in [5.41, 5.74) is 0.917. The van der Waals surface area contributed by atoms with Crippen LogP contribution in [-0.2, 0) is 11.2 Å². The second-order valence-corrected chi connectivity index (χ2v) is 9.53. The van der Waals surface area contributed by atoms with Crippen molar-refractivity contribution in [2.45, 2.75) is 44.6 Å². The second kappa shape index (κ2) is 8.76. The second-order valence-electron chi connectivity index (χ2n) is 8.55. The molecule has 1 aromatic carbocycles. The van der Waals surface area contributed by atoms with Gasteiger partial charge >= 0.3 is 0 Å². The summed E-state index contributed by atoms with van der Waals surface area (Å²) in [5.74, 6) is 2.04. The number of rotatable bonds is 7. The summed E-state index contributed by atoms with van der Waals surface area (Å²) < 4.78 is 11.7. The zero-order valence-electron chi connectivity index (χ0n) is 17.3. The lowest BCUT2D eigenvalue weighted by Crippen LogP contribution is -2.40. The van der Waals surface area contributed by atoms with Crippen LogP contribution in [0, 0.1) is 0 Å². The Balaban J connectivity index is 1.16. The quantitative estimate of drug-likeness (QED) is 0.748. The number of fused-ring (bicyclic) bond motifs is 1. The summed E-state index contributed by atoms with van der Waals surface area (Å²) in [6.45, 7) is 7.87. The van der Waals surface area contributed by atoms with E-state index in [1.165, 1.54) is 17.7 Å². The molecule has 4 rings (SSSR count). The third-order valence-electron chi connectivity index (χ3n) is 5.70. The van der Waals surface area contributed by atoms with Crippen molar-refractivity contribution in [2.24, 2.45) is 0 Å². The molecule has 5 nitrogen and oxygen atoms in total. The van der Waals surface area contributed by atoms with Crippen molar-refractivity contribution in [3.05, 3.63) is 46.2 Å². The number of carbonyl (C=O) groups is 1. The van der Waals surface area contributed by atoms with E-state index < -0.39 is 0 Å². The molecule has 6 heteroatoms. The fourth-order valence-corrected chi connectivity index (χ4v) is 5.11. The molecule has 0 spiro atoms. The van der Waals surface area contributed by atoms with Crippen LogP contribution in [0.2, 0.25) is 0 Å². The van der Waals surface area contributed by atoms with Gasteiger partial charge in [0.1, 0.15) is 5.60 Å². The van der Waals surface area contributed by atoms with E-state index in [-0.39, 0.29) is 18.1 Å². The summed E-state index contributed by atoms with van der Waals surface area (Å²) in [5, 5.41) is 5.14. The number of hydrogen-bond donors (Lipinski definition) is 1. The van der Waals surface area contributed by atoms with E-state index in [2.05, 4.69) is 47.6 Å². The molecule has 3 heterocycles. The SMILES string of the molecule is CC1(C)Cc2cccc(OCC(=O)NCCN3CCC(c4cccs4)CC3)c2O1. The van der Waals surface area contributed by atoms with Gasteiger partial charge in [-0.25, -0.2) is 0 Å². The molecule has 29 heavy (non-hydrogen) atoms. The number of carbonyl (C=O) groups excluding carboxylic acids is 1. The summed E-state index contributed by atoms with van der Waals surface area (Å²) in [6, 6.07) is 10.3. The Labute approximate surface area is 177 Å². The van der Waals surface area contributed by atoms with Gasteiger partial charge < -0.3 is 19.7 Å². The number of piperidine rings is 1. The molecule has 0 radical (unpaired) electrons. The molecular formula is C23H30N2O3S. The Morgan fingerprint density at radius 2 is 2.10 bits per heavy atom. The van der Waals surface area contributed by atoms with Crippen molar-refractivity contribution in [1.29, 1.82) is 0 Å². The fraction of sp³-hybridized carbons (Fsp3) is 0.522. The van der Waals surface area contributed by atoms with Crippen LogP contribution >= 0.6 is 11.3 Å². The van der Waals surface area contributed by atoms with Crippen LogP contribution in [0.5, 0.6) is 11.5 Å². The lowest BCUT2D eigenvalue weighted by Gasteiger charge is -2.31. The first-order valence-electron chi connectivity index (χ1n) is 10.5. The maximum absolute atomic E-state index is 12.2. The number of hydrogen-bond acceptors (Lipinski definition) is 5. The van der Waals surface area contributed by atoms with E-state index in [9.17, 15) is 4.79 Å². The van der Waals surface area contributed by atoms with E-state index >= 15 is 0 Å². The number of para-hydroxylation sites is 1. The molecule has 1 aromatic heterocycles. The first kappa shape index (κ1) is 20.2. The molecule has 0 aliphatic carbocycles. The van der Waals surface area contributed by atoms with E-state index in [4.69, 9.17) is 9.47 Å². The highest BCUT2D eigenvalue weighted by molar-refractivity contribution is 7.10. The number of ether oxygens (including phenoxy) is 2. The zero-order chi connectivity index (χ0) is 20.3. The average Bonchev–Trinajstić information content (AvgIpc) is 3.33. The standard InChI is InChI=1S/C23H30N2O3S/c1-23(2)15-18-5-3-6-19(22(18)28-23)27-16-21(26)24-10-13-25-11-8-17(9-12-25)20-7-4-14-29-20/h3-7,14,17H,8-13,15-16H2,1-2H3,(H,24,26). The van der Waals surface area contributed by atoms with Crippen molar-refractivity contribution < 1.29 is 14.3 Å². The van der Waals surface area contributed by atoms with Crippen LogP contribution in [0.1, 0.15) is 43.0 Å². The van der Waals surface area contributed by atoms with Gasteiger partial charge in [-0.05, 0) is 63.2 Å². The van der Waals surface area contributed by atoms with Gasteiger partial charge in [0.05, 0.1) is 0 Å². The number of amides is 1. The predicted molar refractivity (Wildman–Crippen MR) is 116 cm³/mol. The summed E-state index contributed by atoms with van der Waals surface area (Å²) >= 11 is 1.86. The number of benzene rings is 1. The van der Waals surface area contributed by atoms with Crippen LogP contribution < -0.4 is 14.8 Å². The lowest BCUT2D eigenvalue weighted by atomic mass is 9.95. The minimum Gasteiger partial charge on any atom is -0.483 e. The van der Waals surface area contributed by atoms with Gasteiger partial charge in [0.25, 0.3) is 5.91 Å². The van der Waals surface area contributed by atoms with Gasteiger partial charge in [-0.2, -0.15) is 0 Å². The van der Waals surface area contributed by atoms with E-state index in [1.807, 2.05) is 23.5 Å². The first-order valence-corrected chi connectivity index (χ1v) is 11.3. The van der Waals surface area contributed by atoms with E-state index in [1.54, 1.807) is 0 Å². The van der Waals surface area contributed by atoms with Crippen molar-refractivity contribution >= 4 is 17.2 Å². The van der Waals surface area contributed by atoms with Crippen molar-refractivity contribution in [2.75, 3.05) is 32.8 Å². The molecule has 0 atom stereocenters. The predicted octanol–water partition coefficient (Wildman–Crippen LogP) is 3.84. The van der Waals surface area contributed by atoms with Gasteiger partial charge in [0, 0.05) is 30.0 Å². The highest BCUT2D eigenvalue weighted by Gasteiger charge is 2.32. The van der Waals surface area contributed by atoms with Crippen LogP contribution in [0.15, 0.2) is 35.7 Å². The Bertz CT molecular complexity index is 827. The molecule has 0 unspecified atom stereocenters. The monoisotopic (exact) mass is 414 g/mol. The largest absolute Gasteiger partial charge is 0.483 e. The highest BCUT2D eigenvalue weighted by Crippen LogP contribution is 2.41. The molecule has 1 fully saturated rings. The number of likely N-dealkylation sites (tertiary alicyclic amines) is 1. The zero-order valence-corrected chi connectivity index (χ0v) is 18.1. The fourth-order valence-electron chi connectivity index (χ4n) is 4.21. The maximum atomic E-state index is 12.2. The Kier molecular flexibility index (Phi) is 6.11. The van der Waals surface area contributed by atoms with E-state index in [0.717, 1.165) is 37.4 Å². The molecule has 2 aliphatic heterocycles. The molecule has 2 aromatic rings. The van der Waals surface area contributed by atoms with Crippen molar-refractivity contribution in [1.82, 2.24) is 10.2 Å². The molecule has 2 aliphatic rings. The van der Waals surface area contributed by atoms with Crippen LogP contribution in [0.3, 0.4) is 0 Å². The van der Waals surface area contributed by atoms with Crippen molar-refractivity contribution in [3.63, 3.8) is 0 Å². The molecule has 156 valence electrons. The summed E-state index contributed by atoms with van der Waals surface area (Å²) in [6.07, 6.45) is 3.26. The number of nitrogens with one attached hydrogen (secondary N) is 1. The Morgan fingerprint density at radius 3 is 2.86 bits per heavy atom. The first-order chi connectivity index (χ1) is 14.0. The third-order valence-corrected chi connectivity index (χ3v) is 6.73. The molecule has 1 amide bonds.